The Balaban J connectivity index is 1.99. The lowest BCUT2D eigenvalue weighted by Crippen LogP contribution is -2.38. The standard InChI is InChI=1S/C20H17F3N4O5/c1-11-8-15(28)17(24-27(11)14-7-5-4-6-13(14)20(21,22)23)18(30)32-10-12-9-16(29)26(3)19(31)25(12)2/h4-9H,10H2,1-3H3. The number of aromatic nitrogens is 4. The highest BCUT2D eigenvalue weighted by Crippen LogP contribution is 2.33. The average Bonchev–Trinajstić information content (AvgIpc) is 2.73. The lowest BCUT2D eigenvalue weighted by atomic mass is 10.1. The zero-order valence-electron chi connectivity index (χ0n) is 17.1. The SMILES string of the molecule is Cc1cc(=O)c(C(=O)OCc2cc(=O)n(C)c(=O)n2C)nn1-c1ccccc1C(F)(F)F. The van der Waals surface area contributed by atoms with Crippen LogP contribution in [0.15, 0.2) is 50.8 Å². The third kappa shape index (κ3) is 4.24. The van der Waals surface area contributed by atoms with Crippen molar-refractivity contribution < 1.29 is 22.7 Å². The van der Waals surface area contributed by atoms with E-state index in [0.717, 1.165) is 38.1 Å². The summed E-state index contributed by atoms with van der Waals surface area (Å²) in [5, 5.41) is 3.80. The number of esters is 1. The van der Waals surface area contributed by atoms with E-state index in [4.69, 9.17) is 4.74 Å². The van der Waals surface area contributed by atoms with Gasteiger partial charge in [-0.3, -0.25) is 18.7 Å². The van der Waals surface area contributed by atoms with Gasteiger partial charge in [-0.05, 0) is 19.1 Å². The van der Waals surface area contributed by atoms with Gasteiger partial charge >= 0.3 is 17.8 Å². The summed E-state index contributed by atoms with van der Waals surface area (Å²) in [6.45, 7) is 0.834. The number of ether oxygens (including phenoxy) is 1. The highest BCUT2D eigenvalue weighted by molar-refractivity contribution is 5.86. The van der Waals surface area contributed by atoms with Crippen LogP contribution in [0.1, 0.15) is 27.4 Å². The normalized spacial score (nSPS) is 11.4. The molecule has 0 aliphatic heterocycles. The van der Waals surface area contributed by atoms with E-state index < -0.39 is 46.7 Å². The van der Waals surface area contributed by atoms with Crippen LogP contribution in [0, 0.1) is 6.92 Å². The van der Waals surface area contributed by atoms with Crippen molar-refractivity contribution in [3.8, 4) is 5.69 Å². The molecule has 0 aliphatic rings. The third-order valence-electron chi connectivity index (χ3n) is 4.71. The summed E-state index contributed by atoms with van der Waals surface area (Å²) in [5.74, 6) is -1.22. The Hall–Kier alpha value is -3.96. The summed E-state index contributed by atoms with van der Waals surface area (Å²) in [4.78, 5) is 48.5. The van der Waals surface area contributed by atoms with Gasteiger partial charge < -0.3 is 4.74 Å². The first-order valence-electron chi connectivity index (χ1n) is 9.12. The fraction of sp³-hybridized carbons (Fsp3) is 0.250. The van der Waals surface area contributed by atoms with Gasteiger partial charge in [0.2, 0.25) is 11.1 Å². The van der Waals surface area contributed by atoms with Crippen LogP contribution in [-0.4, -0.2) is 24.9 Å². The highest BCUT2D eigenvalue weighted by Gasteiger charge is 2.34. The minimum Gasteiger partial charge on any atom is -0.454 e. The van der Waals surface area contributed by atoms with E-state index in [1.54, 1.807) is 0 Å². The Morgan fingerprint density at radius 1 is 1.06 bits per heavy atom. The zero-order valence-corrected chi connectivity index (χ0v) is 17.1. The molecule has 9 nitrogen and oxygen atoms in total. The second-order valence-corrected chi connectivity index (χ2v) is 6.88. The number of para-hydroxylation sites is 1. The van der Waals surface area contributed by atoms with Crippen molar-refractivity contribution in [3.63, 3.8) is 0 Å². The molecule has 3 rings (SSSR count). The second-order valence-electron chi connectivity index (χ2n) is 6.88. The first-order chi connectivity index (χ1) is 14.9. The smallest absolute Gasteiger partial charge is 0.418 e. The molecule has 0 spiro atoms. The van der Waals surface area contributed by atoms with Gasteiger partial charge in [0.15, 0.2) is 0 Å². The molecule has 0 atom stereocenters. The molecule has 168 valence electrons. The lowest BCUT2D eigenvalue weighted by Gasteiger charge is -2.16. The maximum Gasteiger partial charge on any atom is 0.418 e. The fourth-order valence-electron chi connectivity index (χ4n) is 2.96. The van der Waals surface area contributed by atoms with Crippen LogP contribution in [0.3, 0.4) is 0 Å². The predicted octanol–water partition coefficient (Wildman–Crippen LogP) is 1.31. The number of rotatable bonds is 4. The molecule has 0 amide bonds. The summed E-state index contributed by atoms with van der Waals surface area (Å²) < 4.78 is 47.9. The van der Waals surface area contributed by atoms with Gasteiger partial charge in [-0.1, -0.05) is 12.1 Å². The molecule has 0 saturated carbocycles. The number of nitrogens with zero attached hydrogens (tertiary/aromatic N) is 4. The maximum absolute atomic E-state index is 13.4. The van der Waals surface area contributed by atoms with Gasteiger partial charge in [0.25, 0.3) is 5.56 Å². The number of hydrogen-bond donors (Lipinski definition) is 0. The van der Waals surface area contributed by atoms with Gasteiger partial charge in [0.1, 0.15) is 6.61 Å². The van der Waals surface area contributed by atoms with Crippen LogP contribution in [-0.2, 0) is 31.6 Å². The second kappa shape index (κ2) is 8.29. The van der Waals surface area contributed by atoms with E-state index in [1.165, 1.54) is 33.2 Å². The Bertz CT molecular complexity index is 1390. The van der Waals surface area contributed by atoms with Gasteiger partial charge in [0, 0.05) is 31.9 Å². The average molecular weight is 450 g/mol. The molecule has 0 fully saturated rings. The van der Waals surface area contributed by atoms with Crippen LogP contribution in [0.2, 0.25) is 0 Å². The van der Waals surface area contributed by atoms with Crippen molar-refractivity contribution in [2.24, 2.45) is 14.1 Å². The molecule has 32 heavy (non-hydrogen) atoms. The van der Waals surface area contributed by atoms with E-state index >= 15 is 0 Å². The third-order valence-corrected chi connectivity index (χ3v) is 4.71. The summed E-state index contributed by atoms with van der Waals surface area (Å²) in [6.07, 6.45) is -4.70. The number of benzene rings is 1. The molecule has 2 heterocycles. The summed E-state index contributed by atoms with van der Waals surface area (Å²) in [7, 11) is 2.63. The van der Waals surface area contributed by atoms with E-state index in [9.17, 15) is 32.3 Å². The molecule has 0 radical (unpaired) electrons. The fourth-order valence-corrected chi connectivity index (χ4v) is 2.96. The van der Waals surface area contributed by atoms with Crippen molar-refractivity contribution in [1.82, 2.24) is 18.9 Å². The van der Waals surface area contributed by atoms with Crippen LogP contribution in [0.4, 0.5) is 13.2 Å². The van der Waals surface area contributed by atoms with Crippen molar-refractivity contribution >= 4 is 5.97 Å². The van der Waals surface area contributed by atoms with Crippen molar-refractivity contribution in [2.75, 3.05) is 0 Å². The molecule has 0 N–H and O–H groups in total. The minimum atomic E-state index is -4.70. The van der Waals surface area contributed by atoms with Crippen molar-refractivity contribution in [1.29, 1.82) is 0 Å². The molecular formula is C20H17F3N4O5. The quantitative estimate of drug-likeness (QED) is 0.555. The summed E-state index contributed by atoms with van der Waals surface area (Å²) in [5.41, 5.74) is -4.14. The van der Waals surface area contributed by atoms with E-state index in [2.05, 4.69) is 5.10 Å². The minimum absolute atomic E-state index is 0.0568. The Labute approximate surface area is 177 Å². The monoisotopic (exact) mass is 450 g/mol. The Kier molecular flexibility index (Phi) is 5.88. The molecular weight excluding hydrogens is 433 g/mol. The lowest BCUT2D eigenvalue weighted by molar-refractivity contribution is -0.137. The summed E-state index contributed by atoms with van der Waals surface area (Å²) in [6, 6.07) is 6.60. The van der Waals surface area contributed by atoms with E-state index in [0.29, 0.717) is 0 Å². The first kappa shape index (κ1) is 22.7. The highest BCUT2D eigenvalue weighted by atomic mass is 19.4. The van der Waals surface area contributed by atoms with Crippen molar-refractivity contribution in [2.45, 2.75) is 19.7 Å². The van der Waals surface area contributed by atoms with E-state index in [-0.39, 0.29) is 17.1 Å². The van der Waals surface area contributed by atoms with Gasteiger partial charge in [-0.15, -0.1) is 0 Å². The zero-order chi connectivity index (χ0) is 23.8. The number of carbonyl (C=O) groups excluding carboxylic acids is 1. The van der Waals surface area contributed by atoms with Gasteiger partial charge in [-0.25, -0.2) is 14.3 Å². The molecule has 1 aromatic carbocycles. The molecule has 0 bridgehead atoms. The molecule has 12 heteroatoms. The number of carbonyl (C=O) groups is 1. The Morgan fingerprint density at radius 2 is 1.72 bits per heavy atom. The molecule has 0 saturated heterocycles. The van der Waals surface area contributed by atoms with E-state index in [1.807, 2.05) is 0 Å². The van der Waals surface area contributed by atoms with Crippen LogP contribution >= 0.6 is 0 Å². The molecule has 3 aromatic rings. The predicted molar refractivity (Wildman–Crippen MR) is 106 cm³/mol. The maximum atomic E-state index is 13.4. The van der Waals surface area contributed by atoms with Crippen LogP contribution < -0.4 is 16.7 Å². The number of aryl methyl sites for hydroxylation is 1. The van der Waals surface area contributed by atoms with Crippen molar-refractivity contribution in [3.05, 3.63) is 90.1 Å². The number of hydrogen-bond acceptors (Lipinski definition) is 6. The van der Waals surface area contributed by atoms with Gasteiger partial charge in [0.05, 0.1) is 16.9 Å². The first-order valence-corrected chi connectivity index (χ1v) is 9.12. The number of alkyl halides is 3. The largest absolute Gasteiger partial charge is 0.454 e. The molecule has 2 aromatic heterocycles. The van der Waals surface area contributed by atoms with Crippen LogP contribution in [0.25, 0.3) is 5.69 Å². The topological polar surface area (TPSA) is 105 Å². The molecule has 0 aliphatic carbocycles. The Morgan fingerprint density at radius 3 is 2.38 bits per heavy atom. The molecule has 0 unspecified atom stereocenters. The number of halogens is 3. The summed E-state index contributed by atoms with van der Waals surface area (Å²) >= 11 is 0. The van der Waals surface area contributed by atoms with Crippen LogP contribution in [0.5, 0.6) is 0 Å². The van der Waals surface area contributed by atoms with Gasteiger partial charge in [-0.2, -0.15) is 18.3 Å².